The van der Waals surface area contributed by atoms with E-state index in [1.807, 2.05) is 30.3 Å². The summed E-state index contributed by atoms with van der Waals surface area (Å²) in [7, 11) is 1.59. The van der Waals surface area contributed by atoms with E-state index >= 15 is 0 Å². The summed E-state index contributed by atoms with van der Waals surface area (Å²) in [6.45, 7) is 2.29. The van der Waals surface area contributed by atoms with E-state index in [1.54, 1.807) is 18.9 Å². The van der Waals surface area contributed by atoms with Gasteiger partial charge in [0.05, 0.1) is 0 Å². The number of hydrogen-bond donors (Lipinski definition) is 1. The fourth-order valence-electron chi connectivity index (χ4n) is 3.05. The Balaban J connectivity index is 1.89. The number of piperidine rings is 1. The molecule has 1 aromatic heterocycles. The topological polar surface area (TPSA) is 75.4 Å². The zero-order valence-electron chi connectivity index (χ0n) is 13.9. The van der Waals surface area contributed by atoms with Crippen molar-refractivity contribution in [2.24, 2.45) is 0 Å². The predicted molar refractivity (Wildman–Crippen MR) is 89.4 cm³/mol. The van der Waals surface area contributed by atoms with Gasteiger partial charge >= 0.3 is 0 Å². The number of likely N-dealkylation sites (N-methyl/N-ethyl adjacent to an activating group) is 1. The summed E-state index contributed by atoms with van der Waals surface area (Å²) < 4.78 is 5.68. The van der Waals surface area contributed by atoms with Gasteiger partial charge in [-0.05, 0) is 38.3 Å². The van der Waals surface area contributed by atoms with Crippen LogP contribution < -0.4 is 5.32 Å². The molecule has 0 bridgehead atoms. The largest absolute Gasteiger partial charge is 0.441 e. The van der Waals surface area contributed by atoms with Crippen LogP contribution >= 0.6 is 0 Å². The maximum absolute atomic E-state index is 12.9. The Kier molecular flexibility index (Phi) is 4.64. The Morgan fingerprint density at radius 3 is 2.71 bits per heavy atom. The third-order valence-corrected chi connectivity index (χ3v) is 4.33. The van der Waals surface area contributed by atoms with E-state index in [2.05, 4.69) is 10.3 Å². The molecular weight excluding hydrogens is 306 g/mol. The number of amides is 2. The van der Waals surface area contributed by atoms with Crippen molar-refractivity contribution in [1.29, 1.82) is 0 Å². The first kappa shape index (κ1) is 16.2. The van der Waals surface area contributed by atoms with Crippen molar-refractivity contribution in [2.75, 3.05) is 13.6 Å². The minimum Gasteiger partial charge on any atom is -0.441 e. The lowest BCUT2D eigenvalue weighted by molar-refractivity contribution is -0.126. The van der Waals surface area contributed by atoms with Gasteiger partial charge in [0.25, 0.3) is 5.91 Å². The maximum Gasteiger partial charge on any atom is 0.276 e. The first-order valence-corrected chi connectivity index (χ1v) is 8.17. The van der Waals surface area contributed by atoms with Crippen molar-refractivity contribution in [1.82, 2.24) is 15.2 Å². The first-order valence-electron chi connectivity index (χ1n) is 8.17. The van der Waals surface area contributed by atoms with E-state index in [0.29, 0.717) is 24.6 Å². The minimum atomic E-state index is -0.437. The van der Waals surface area contributed by atoms with Crippen LogP contribution in [0.4, 0.5) is 0 Å². The lowest BCUT2D eigenvalue weighted by Gasteiger charge is -2.33. The summed E-state index contributed by atoms with van der Waals surface area (Å²) in [6, 6.07) is 9.02. The number of rotatable bonds is 3. The van der Waals surface area contributed by atoms with Gasteiger partial charge in [-0.25, -0.2) is 4.98 Å². The fourth-order valence-corrected chi connectivity index (χ4v) is 3.05. The van der Waals surface area contributed by atoms with Crippen LogP contribution in [0, 0.1) is 6.92 Å². The van der Waals surface area contributed by atoms with Crippen LogP contribution in [-0.4, -0.2) is 41.3 Å². The quantitative estimate of drug-likeness (QED) is 0.939. The molecule has 2 amide bonds. The molecule has 24 heavy (non-hydrogen) atoms. The van der Waals surface area contributed by atoms with Crippen molar-refractivity contribution >= 4 is 11.8 Å². The smallest absolute Gasteiger partial charge is 0.276 e. The molecule has 1 N–H and O–H groups in total. The van der Waals surface area contributed by atoms with E-state index < -0.39 is 6.04 Å². The minimum absolute atomic E-state index is 0.132. The third kappa shape index (κ3) is 3.04. The molecule has 0 unspecified atom stereocenters. The number of nitrogens with zero attached hydrogens (tertiary/aromatic N) is 2. The molecule has 0 aliphatic carbocycles. The molecule has 1 saturated heterocycles. The third-order valence-electron chi connectivity index (χ3n) is 4.33. The lowest BCUT2D eigenvalue weighted by atomic mass is 10.0. The van der Waals surface area contributed by atoms with Gasteiger partial charge in [0.15, 0.2) is 5.69 Å². The van der Waals surface area contributed by atoms with Crippen LogP contribution in [0.3, 0.4) is 0 Å². The number of benzene rings is 1. The van der Waals surface area contributed by atoms with Gasteiger partial charge in [-0.3, -0.25) is 9.59 Å². The average molecular weight is 327 g/mol. The number of hydrogen-bond acceptors (Lipinski definition) is 4. The number of aromatic nitrogens is 1. The number of aryl methyl sites for hydroxylation is 1. The van der Waals surface area contributed by atoms with Crippen molar-refractivity contribution in [3.8, 4) is 11.5 Å². The van der Waals surface area contributed by atoms with Crippen LogP contribution in [0.15, 0.2) is 34.7 Å². The summed E-state index contributed by atoms with van der Waals surface area (Å²) >= 11 is 0. The molecule has 1 atom stereocenters. The van der Waals surface area contributed by atoms with E-state index in [9.17, 15) is 9.59 Å². The molecule has 1 aliphatic heterocycles. The summed E-state index contributed by atoms with van der Waals surface area (Å²) in [5.41, 5.74) is 1.10. The van der Waals surface area contributed by atoms with Crippen molar-refractivity contribution in [3.05, 3.63) is 41.8 Å². The summed E-state index contributed by atoms with van der Waals surface area (Å²) in [6.07, 6.45) is 2.50. The Morgan fingerprint density at radius 2 is 2.00 bits per heavy atom. The Labute approximate surface area is 140 Å². The molecule has 0 spiro atoms. The molecule has 1 aliphatic rings. The molecule has 2 aromatic rings. The molecule has 126 valence electrons. The highest BCUT2D eigenvalue weighted by Crippen LogP contribution is 2.25. The second-order valence-electron chi connectivity index (χ2n) is 5.91. The zero-order chi connectivity index (χ0) is 17.1. The van der Waals surface area contributed by atoms with Gasteiger partial charge in [-0.15, -0.1) is 0 Å². The summed E-state index contributed by atoms with van der Waals surface area (Å²) in [4.78, 5) is 31.0. The molecule has 0 radical (unpaired) electrons. The second-order valence-corrected chi connectivity index (χ2v) is 5.91. The highest BCUT2D eigenvalue weighted by Gasteiger charge is 2.34. The van der Waals surface area contributed by atoms with E-state index in [0.717, 1.165) is 18.4 Å². The van der Waals surface area contributed by atoms with Crippen LogP contribution in [-0.2, 0) is 4.79 Å². The van der Waals surface area contributed by atoms with Gasteiger partial charge in [-0.2, -0.15) is 0 Å². The standard InChI is InChI=1S/C18H21N3O3/c1-12-15(20-17(24-12)13-8-4-3-5-9-13)18(23)21-11-7-6-10-14(21)16(22)19-2/h3-5,8-9,14H,6-7,10-11H2,1-2H3,(H,19,22)/t14-/m0/s1. The van der Waals surface area contributed by atoms with Crippen LogP contribution in [0.1, 0.15) is 35.5 Å². The van der Waals surface area contributed by atoms with Gasteiger partial charge < -0.3 is 14.6 Å². The zero-order valence-corrected chi connectivity index (χ0v) is 13.9. The number of nitrogens with one attached hydrogen (secondary N) is 1. The molecule has 3 rings (SSSR count). The van der Waals surface area contributed by atoms with Crippen molar-refractivity contribution in [3.63, 3.8) is 0 Å². The van der Waals surface area contributed by atoms with Crippen LogP contribution in [0.5, 0.6) is 0 Å². The molecule has 2 heterocycles. The van der Waals surface area contributed by atoms with Gasteiger partial charge in [-0.1, -0.05) is 18.2 Å². The second kappa shape index (κ2) is 6.86. The normalized spacial score (nSPS) is 17.6. The first-order chi connectivity index (χ1) is 11.6. The fraction of sp³-hybridized carbons (Fsp3) is 0.389. The lowest BCUT2D eigenvalue weighted by Crippen LogP contribution is -2.51. The number of carbonyl (C=O) groups is 2. The number of oxazole rings is 1. The van der Waals surface area contributed by atoms with E-state index in [-0.39, 0.29) is 17.5 Å². The van der Waals surface area contributed by atoms with E-state index in [4.69, 9.17) is 4.42 Å². The van der Waals surface area contributed by atoms with Crippen molar-refractivity contribution < 1.29 is 14.0 Å². The Hall–Kier alpha value is -2.63. The van der Waals surface area contributed by atoms with Gasteiger partial charge in [0, 0.05) is 19.2 Å². The maximum atomic E-state index is 12.9. The van der Waals surface area contributed by atoms with Gasteiger partial charge in [0.1, 0.15) is 11.8 Å². The molecule has 6 nitrogen and oxygen atoms in total. The average Bonchev–Trinajstić information content (AvgIpc) is 3.03. The number of carbonyl (C=O) groups excluding carboxylic acids is 2. The summed E-state index contributed by atoms with van der Waals surface area (Å²) in [5, 5.41) is 2.64. The van der Waals surface area contributed by atoms with Crippen LogP contribution in [0.25, 0.3) is 11.5 Å². The molecular formula is C18H21N3O3. The monoisotopic (exact) mass is 327 g/mol. The Morgan fingerprint density at radius 1 is 1.25 bits per heavy atom. The highest BCUT2D eigenvalue weighted by atomic mass is 16.4. The van der Waals surface area contributed by atoms with E-state index in [1.165, 1.54) is 0 Å². The summed E-state index contributed by atoms with van der Waals surface area (Å²) in [5.74, 6) is 0.518. The highest BCUT2D eigenvalue weighted by molar-refractivity contribution is 5.97. The molecule has 6 heteroatoms. The Bertz CT molecular complexity index is 739. The molecule has 1 fully saturated rings. The van der Waals surface area contributed by atoms with Crippen LogP contribution in [0.2, 0.25) is 0 Å². The predicted octanol–water partition coefficient (Wildman–Crippen LogP) is 2.39. The van der Waals surface area contributed by atoms with Crippen molar-refractivity contribution in [2.45, 2.75) is 32.2 Å². The SMILES string of the molecule is CNC(=O)[C@@H]1CCCCN1C(=O)c1nc(-c2ccccc2)oc1C. The van der Waals surface area contributed by atoms with Gasteiger partial charge in [0.2, 0.25) is 11.8 Å². The molecule has 1 aromatic carbocycles. The molecule has 0 saturated carbocycles. The number of likely N-dealkylation sites (tertiary alicyclic amines) is 1.